The SMILES string of the molecule is CCOC(=O)c1cc(OC)c(OC)cc1NC(=O)Cc1ccc(N)cc1. The number of benzene rings is 2. The Morgan fingerprint density at radius 1 is 1.04 bits per heavy atom. The zero-order valence-electron chi connectivity index (χ0n) is 15.0. The van der Waals surface area contributed by atoms with E-state index >= 15 is 0 Å². The van der Waals surface area contributed by atoms with E-state index in [4.69, 9.17) is 19.9 Å². The van der Waals surface area contributed by atoms with Gasteiger partial charge in [-0.15, -0.1) is 0 Å². The van der Waals surface area contributed by atoms with E-state index in [1.807, 2.05) is 0 Å². The number of anilines is 2. The minimum atomic E-state index is -0.559. The zero-order valence-corrected chi connectivity index (χ0v) is 15.0. The standard InChI is InChI=1S/C19H22N2O5/c1-4-26-19(23)14-10-16(24-2)17(25-3)11-15(14)21-18(22)9-12-5-7-13(20)8-6-12/h5-8,10-11H,4,9,20H2,1-3H3,(H,21,22). The van der Waals surface area contributed by atoms with Crippen molar-refractivity contribution >= 4 is 23.3 Å². The molecule has 2 aromatic rings. The monoisotopic (exact) mass is 358 g/mol. The molecule has 0 saturated heterocycles. The van der Waals surface area contributed by atoms with Crippen LogP contribution in [0.4, 0.5) is 11.4 Å². The number of nitrogens with two attached hydrogens (primary N) is 1. The van der Waals surface area contributed by atoms with Crippen LogP contribution in [-0.4, -0.2) is 32.7 Å². The van der Waals surface area contributed by atoms with Crippen LogP contribution >= 0.6 is 0 Å². The van der Waals surface area contributed by atoms with Gasteiger partial charge in [0.25, 0.3) is 0 Å². The fourth-order valence-electron chi connectivity index (χ4n) is 2.38. The second kappa shape index (κ2) is 8.75. The fraction of sp³-hybridized carbons (Fsp3) is 0.263. The minimum absolute atomic E-state index is 0.136. The highest BCUT2D eigenvalue weighted by atomic mass is 16.5. The van der Waals surface area contributed by atoms with Crippen molar-refractivity contribution in [1.82, 2.24) is 0 Å². The van der Waals surface area contributed by atoms with Crippen LogP contribution in [-0.2, 0) is 16.0 Å². The molecule has 138 valence electrons. The second-order valence-corrected chi connectivity index (χ2v) is 5.44. The van der Waals surface area contributed by atoms with Gasteiger partial charge in [0.05, 0.1) is 38.5 Å². The van der Waals surface area contributed by atoms with Crippen molar-refractivity contribution in [2.75, 3.05) is 31.9 Å². The number of carbonyl (C=O) groups is 2. The lowest BCUT2D eigenvalue weighted by Gasteiger charge is -2.15. The highest BCUT2D eigenvalue weighted by molar-refractivity contribution is 6.02. The van der Waals surface area contributed by atoms with Gasteiger partial charge in [-0.2, -0.15) is 0 Å². The van der Waals surface area contributed by atoms with E-state index in [-0.39, 0.29) is 24.5 Å². The van der Waals surface area contributed by atoms with E-state index in [0.29, 0.717) is 22.9 Å². The van der Waals surface area contributed by atoms with Crippen LogP contribution < -0.4 is 20.5 Å². The lowest BCUT2D eigenvalue weighted by molar-refractivity contribution is -0.115. The topological polar surface area (TPSA) is 99.9 Å². The van der Waals surface area contributed by atoms with E-state index in [1.165, 1.54) is 26.4 Å². The zero-order chi connectivity index (χ0) is 19.1. The third-order valence-electron chi connectivity index (χ3n) is 3.64. The van der Waals surface area contributed by atoms with Crippen molar-refractivity contribution in [2.24, 2.45) is 0 Å². The first kappa shape index (κ1) is 19.1. The van der Waals surface area contributed by atoms with Gasteiger partial charge in [0.15, 0.2) is 11.5 Å². The maximum absolute atomic E-state index is 12.4. The van der Waals surface area contributed by atoms with Crippen LogP contribution in [0.2, 0.25) is 0 Å². The Labute approximate surface area is 152 Å². The van der Waals surface area contributed by atoms with Gasteiger partial charge in [-0.1, -0.05) is 12.1 Å². The molecule has 2 aromatic carbocycles. The Balaban J connectivity index is 2.28. The highest BCUT2D eigenvalue weighted by Gasteiger charge is 2.19. The van der Waals surface area contributed by atoms with Crippen LogP contribution in [0.1, 0.15) is 22.8 Å². The third kappa shape index (κ3) is 4.66. The molecule has 0 atom stereocenters. The number of nitrogens with one attached hydrogen (secondary N) is 1. The van der Waals surface area contributed by atoms with Gasteiger partial charge in [-0.05, 0) is 24.6 Å². The van der Waals surface area contributed by atoms with Gasteiger partial charge < -0.3 is 25.3 Å². The molecule has 0 bridgehead atoms. The summed E-state index contributed by atoms with van der Waals surface area (Å²) >= 11 is 0. The number of methoxy groups -OCH3 is 2. The summed E-state index contributed by atoms with van der Waals surface area (Å²) in [4.78, 5) is 24.6. The van der Waals surface area contributed by atoms with E-state index in [0.717, 1.165) is 5.56 Å². The first-order chi connectivity index (χ1) is 12.5. The molecule has 0 unspecified atom stereocenters. The predicted molar refractivity (Wildman–Crippen MR) is 98.7 cm³/mol. The summed E-state index contributed by atoms with van der Waals surface area (Å²) in [6.07, 6.45) is 0.136. The molecular formula is C19H22N2O5. The summed E-state index contributed by atoms with van der Waals surface area (Å²) in [5.41, 5.74) is 7.55. The number of hydrogen-bond donors (Lipinski definition) is 2. The van der Waals surface area contributed by atoms with Gasteiger partial charge in [-0.25, -0.2) is 4.79 Å². The smallest absolute Gasteiger partial charge is 0.340 e. The first-order valence-corrected chi connectivity index (χ1v) is 8.05. The second-order valence-electron chi connectivity index (χ2n) is 5.44. The van der Waals surface area contributed by atoms with Crippen LogP contribution in [0.15, 0.2) is 36.4 Å². The van der Waals surface area contributed by atoms with Gasteiger partial charge in [0, 0.05) is 17.8 Å². The molecule has 0 fully saturated rings. The van der Waals surface area contributed by atoms with Crippen molar-refractivity contribution in [3.63, 3.8) is 0 Å². The maximum Gasteiger partial charge on any atom is 0.340 e. The number of rotatable bonds is 7. The Bertz CT molecular complexity index is 787. The van der Waals surface area contributed by atoms with E-state index in [9.17, 15) is 9.59 Å². The summed E-state index contributed by atoms with van der Waals surface area (Å²) < 4.78 is 15.5. The largest absolute Gasteiger partial charge is 0.493 e. The van der Waals surface area contributed by atoms with Gasteiger partial charge >= 0.3 is 5.97 Å². The number of carbonyl (C=O) groups excluding carboxylic acids is 2. The Morgan fingerprint density at radius 2 is 1.65 bits per heavy atom. The lowest BCUT2D eigenvalue weighted by Crippen LogP contribution is -2.18. The molecule has 0 aliphatic carbocycles. The summed E-state index contributed by atoms with van der Waals surface area (Å²) in [5, 5.41) is 2.73. The molecule has 26 heavy (non-hydrogen) atoms. The number of amides is 1. The Morgan fingerprint density at radius 3 is 2.23 bits per heavy atom. The Hall–Kier alpha value is -3.22. The van der Waals surface area contributed by atoms with Gasteiger partial charge in [0.2, 0.25) is 5.91 Å². The summed E-state index contributed by atoms with van der Waals surface area (Å²) in [5.74, 6) is -0.0841. The average molecular weight is 358 g/mol. The van der Waals surface area contributed by atoms with Crippen molar-refractivity contribution in [3.8, 4) is 11.5 Å². The highest BCUT2D eigenvalue weighted by Crippen LogP contribution is 2.34. The first-order valence-electron chi connectivity index (χ1n) is 8.05. The quantitative estimate of drug-likeness (QED) is 0.583. The molecule has 2 rings (SSSR count). The maximum atomic E-state index is 12.4. The molecule has 0 aliphatic heterocycles. The van der Waals surface area contributed by atoms with Crippen LogP contribution in [0, 0.1) is 0 Å². The molecule has 0 saturated carbocycles. The van der Waals surface area contributed by atoms with Crippen molar-refractivity contribution < 1.29 is 23.8 Å². The van der Waals surface area contributed by atoms with E-state index in [1.54, 1.807) is 31.2 Å². The molecule has 3 N–H and O–H groups in total. The number of ether oxygens (including phenoxy) is 3. The molecule has 0 radical (unpaired) electrons. The molecule has 0 aliphatic rings. The molecule has 0 heterocycles. The average Bonchev–Trinajstić information content (AvgIpc) is 2.63. The normalized spacial score (nSPS) is 10.1. The number of hydrogen-bond acceptors (Lipinski definition) is 6. The summed E-state index contributed by atoms with van der Waals surface area (Å²) in [7, 11) is 2.94. The molecule has 1 amide bonds. The number of nitrogen functional groups attached to an aromatic ring is 1. The molecule has 7 nitrogen and oxygen atoms in total. The van der Waals surface area contributed by atoms with Gasteiger partial charge in [-0.3, -0.25) is 4.79 Å². The van der Waals surface area contributed by atoms with Crippen molar-refractivity contribution in [1.29, 1.82) is 0 Å². The van der Waals surface area contributed by atoms with E-state index < -0.39 is 5.97 Å². The van der Waals surface area contributed by atoms with Crippen LogP contribution in [0.3, 0.4) is 0 Å². The van der Waals surface area contributed by atoms with E-state index in [2.05, 4.69) is 5.32 Å². The molecule has 7 heteroatoms. The molecule has 0 spiro atoms. The summed E-state index contributed by atoms with van der Waals surface area (Å²) in [6.45, 7) is 1.92. The summed E-state index contributed by atoms with van der Waals surface area (Å²) in [6, 6.07) is 10.0. The van der Waals surface area contributed by atoms with Crippen LogP contribution in [0.25, 0.3) is 0 Å². The third-order valence-corrected chi connectivity index (χ3v) is 3.64. The minimum Gasteiger partial charge on any atom is -0.493 e. The fourth-order valence-corrected chi connectivity index (χ4v) is 2.38. The molecular weight excluding hydrogens is 336 g/mol. The molecule has 0 aromatic heterocycles. The van der Waals surface area contributed by atoms with Crippen LogP contribution in [0.5, 0.6) is 11.5 Å². The lowest BCUT2D eigenvalue weighted by atomic mass is 10.1. The van der Waals surface area contributed by atoms with Gasteiger partial charge in [0.1, 0.15) is 0 Å². The predicted octanol–water partition coefficient (Wildman–Crippen LogP) is 2.64. The number of esters is 1. The van der Waals surface area contributed by atoms with Crippen molar-refractivity contribution in [3.05, 3.63) is 47.5 Å². The van der Waals surface area contributed by atoms with Crippen molar-refractivity contribution in [2.45, 2.75) is 13.3 Å². The Kier molecular flexibility index (Phi) is 6.43.